The quantitative estimate of drug-likeness (QED) is 0.408. The number of ether oxygens (including phenoxy) is 1. The van der Waals surface area contributed by atoms with Gasteiger partial charge in [-0.25, -0.2) is 4.98 Å². The molecule has 1 aromatic heterocycles. The molecule has 1 N–H and O–H groups in total. The van der Waals surface area contributed by atoms with Crippen LogP contribution >= 0.6 is 23.2 Å². The lowest BCUT2D eigenvalue weighted by atomic mass is 10.0. The molecule has 0 atom stereocenters. The first kappa shape index (κ1) is 20.2. The Morgan fingerprint density at radius 3 is 2.60 bits per heavy atom. The smallest absolute Gasteiger partial charge is 0.252 e. The van der Waals surface area contributed by atoms with Crippen LogP contribution in [0.2, 0.25) is 10.0 Å². The third-order valence-corrected chi connectivity index (χ3v) is 5.50. The fourth-order valence-corrected chi connectivity index (χ4v) is 3.54. The fraction of sp³-hybridized carbons (Fsp3) is 0.0833. The van der Waals surface area contributed by atoms with Gasteiger partial charge in [0.2, 0.25) is 0 Å². The van der Waals surface area contributed by atoms with Crippen LogP contribution in [-0.4, -0.2) is 18.0 Å². The van der Waals surface area contributed by atoms with Crippen LogP contribution in [0.15, 0.2) is 72.8 Å². The number of pyridine rings is 1. The second-order valence-corrected chi connectivity index (χ2v) is 7.55. The molecule has 0 aliphatic heterocycles. The number of aromatic nitrogens is 1. The summed E-state index contributed by atoms with van der Waals surface area (Å²) in [7, 11) is 1.62. The van der Waals surface area contributed by atoms with Gasteiger partial charge in [-0.1, -0.05) is 59.6 Å². The van der Waals surface area contributed by atoms with E-state index in [-0.39, 0.29) is 5.91 Å². The number of rotatable bonds is 5. The van der Waals surface area contributed by atoms with E-state index in [0.29, 0.717) is 27.8 Å². The number of para-hydroxylation sites is 1. The van der Waals surface area contributed by atoms with Crippen LogP contribution in [0.4, 0.5) is 0 Å². The summed E-state index contributed by atoms with van der Waals surface area (Å²) in [6.07, 6.45) is 0. The van der Waals surface area contributed by atoms with Gasteiger partial charge in [-0.15, -0.1) is 0 Å². The second-order valence-electron chi connectivity index (χ2n) is 6.74. The van der Waals surface area contributed by atoms with Crippen molar-refractivity contribution >= 4 is 40.0 Å². The molecular weight excluding hydrogens is 419 g/mol. The van der Waals surface area contributed by atoms with Gasteiger partial charge in [0, 0.05) is 17.5 Å². The number of hydrogen-bond donors (Lipinski definition) is 1. The Balaban J connectivity index is 1.69. The van der Waals surface area contributed by atoms with Gasteiger partial charge in [-0.3, -0.25) is 4.79 Å². The maximum atomic E-state index is 13.1. The lowest BCUT2D eigenvalue weighted by Crippen LogP contribution is -2.23. The Labute approximate surface area is 184 Å². The minimum Gasteiger partial charge on any atom is -0.497 e. The number of halogens is 2. The third-order valence-electron chi connectivity index (χ3n) is 4.76. The molecule has 0 fully saturated rings. The lowest BCUT2D eigenvalue weighted by Gasteiger charge is -2.11. The van der Waals surface area contributed by atoms with Crippen molar-refractivity contribution < 1.29 is 9.53 Å². The summed E-state index contributed by atoms with van der Waals surface area (Å²) in [5.74, 6) is 0.539. The van der Waals surface area contributed by atoms with Crippen LogP contribution in [0.25, 0.3) is 22.2 Å². The van der Waals surface area contributed by atoms with Crippen LogP contribution in [0, 0.1) is 0 Å². The van der Waals surface area contributed by atoms with Crippen molar-refractivity contribution in [3.8, 4) is 17.0 Å². The molecule has 3 aromatic carbocycles. The molecule has 0 radical (unpaired) electrons. The van der Waals surface area contributed by atoms with Gasteiger partial charge in [0.25, 0.3) is 5.91 Å². The highest BCUT2D eigenvalue weighted by molar-refractivity contribution is 6.42. The van der Waals surface area contributed by atoms with Crippen LogP contribution < -0.4 is 10.1 Å². The van der Waals surface area contributed by atoms with Gasteiger partial charge in [-0.2, -0.15) is 0 Å². The average molecular weight is 437 g/mol. The van der Waals surface area contributed by atoms with Gasteiger partial charge < -0.3 is 10.1 Å². The number of benzene rings is 3. The van der Waals surface area contributed by atoms with E-state index >= 15 is 0 Å². The van der Waals surface area contributed by atoms with Crippen molar-refractivity contribution in [2.75, 3.05) is 7.11 Å². The Hall–Kier alpha value is -3.08. The van der Waals surface area contributed by atoms with E-state index in [1.165, 1.54) is 0 Å². The topological polar surface area (TPSA) is 51.2 Å². The monoisotopic (exact) mass is 436 g/mol. The molecule has 0 saturated carbocycles. The number of fused-ring (bicyclic) bond motifs is 1. The second kappa shape index (κ2) is 8.74. The Morgan fingerprint density at radius 1 is 0.967 bits per heavy atom. The summed E-state index contributed by atoms with van der Waals surface area (Å²) in [5.41, 5.74) is 3.74. The number of nitrogens with one attached hydrogen (secondary N) is 1. The first-order valence-corrected chi connectivity index (χ1v) is 10.1. The van der Waals surface area contributed by atoms with Crippen molar-refractivity contribution in [1.29, 1.82) is 0 Å². The lowest BCUT2D eigenvalue weighted by molar-refractivity contribution is 0.0952. The highest BCUT2D eigenvalue weighted by Crippen LogP contribution is 2.27. The maximum absolute atomic E-state index is 13.1. The zero-order chi connectivity index (χ0) is 21.1. The Bertz CT molecular complexity index is 1240. The van der Waals surface area contributed by atoms with Gasteiger partial charge in [-0.05, 0) is 42.0 Å². The molecule has 4 rings (SSSR count). The highest BCUT2D eigenvalue weighted by Gasteiger charge is 2.14. The van der Waals surface area contributed by atoms with E-state index in [1.807, 2.05) is 54.6 Å². The molecule has 4 aromatic rings. The number of amides is 1. The van der Waals surface area contributed by atoms with E-state index in [4.69, 9.17) is 32.9 Å². The molecule has 0 spiro atoms. The average Bonchev–Trinajstić information content (AvgIpc) is 2.79. The Morgan fingerprint density at radius 2 is 1.80 bits per heavy atom. The molecule has 6 heteroatoms. The van der Waals surface area contributed by atoms with Crippen molar-refractivity contribution in [2.45, 2.75) is 6.54 Å². The SMILES string of the molecule is COc1cccc(-c2cc(C(=O)NCc3ccc(Cl)c(Cl)c3)c3ccccc3n2)c1. The molecular formula is C24H18Cl2N2O2. The zero-order valence-electron chi connectivity index (χ0n) is 16.2. The van der Waals surface area contributed by atoms with Gasteiger partial charge in [0.05, 0.1) is 33.9 Å². The number of hydrogen-bond acceptors (Lipinski definition) is 3. The molecule has 30 heavy (non-hydrogen) atoms. The van der Waals surface area contributed by atoms with Gasteiger partial charge in [0.15, 0.2) is 0 Å². The Kier molecular flexibility index (Phi) is 5.88. The normalized spacial score (nSPS) is 10.8. The first-order chi connectivity index (χ1) is 14.5. The standard InChI is InChI=1S/C24H18Cl2N2O2/c1-30-17-6-4-5-16(12-17)23-13-19(18-7-2-3-8-22(18)28-23)24(29)27-14-15-9-10-20(25)21(26)11-15/h2-13H,14H2,1H3,(H,27,29). The van der Waals surface area contributed by atoms with Crippen molar-refractivity contribution in [2.24, 2.45) is 0 Å². The van der Waals surface area contributed by atoms with Crippen LogP contribution in [0.5, 0.6) is 5.75 Å². The zero-order valence-corrected chi connectivity index (χ0v) is 17.7. The molecule has 1 heterocycles. The third kappa shape index (κ3) is 4.25. The molecule has 0 aliphatic rings. The first-order valence-electron chi connectivity index (χ1n) is 9.31. The van der Waals surface area contributed by atoms with Gasteiger partial charge in [0.1, 0.15) is 5.75 Å². The van der Waals surface area contributed by atoms with Gasteiger partial charge >= 0.3 is 0 Å². The summed E-state index contributed by atoms with van der Waals surface area (Å²) in [6, 6.07) is 22.3. The predicted octanol–water partition coefficient (Wildman–Crippen LogP) is 6.15. The molecule has 4 nitrogen and oxygen atoms in total. The number of methoxy groups -OCH3 is 1. The van der Waals surface area contributed by atoms with Crippen LogP contribution in [0.3, 0.4) is 0 Å². The summed E-state index contributed by atoms with van der Waals surface area (Å²) in [4.78, 5) is 17.8. The summed E-state index contributed by atoms with van der Waals surface area (Å²) in [6.45, 7) is 0.334. The van der Waals surface area contributed by atoms with E-state index in [1.54, 1.807) is 25.3 Å². The molecule has 0 aliphatic carbocycles. The van der Waals surface area contributed by atoms with E-state index in [9.17, 15) is 4.79 Å². The molecule has 0 bridgehead atoms. The summed E-state index contributed by atoms with van der Waals surface area (Å²) in [5, 5.41) is 4.69. The van der Waals surface area contributed by atoms with E-state index in [0.717, 1.165) is 27.8 Å². The van der Waals surface area contributed by atoms with E-state index < -0.39 is 0 Å². The predicted molar refractivity (Wildman–Crippen MR) is 121 cm³/mol. The highest BCUT2D eigenvalue weighted by atomic mass is 35.5. The largest absolute Gasteiger partial charge is 0.497 e. The van der Waals surface area contributed by atoms with Crippen molar-refractivity contribution in [3.05, 3.63) is 94.0 Å². The van der Waals surface area contributed by atoms with Crippen molar-refractivity contribution in [1.82, 2.24) is 10.3 Å². The van der Waals surface area contributed by atoms with E-state index in [2.05, 4.69) is 5.32 Å². The number of carbonyl (C=O) groups excluding carboxylic acids is 1. The minimum atomic E-state index is -0.191. The van der Waals surface area contributed by atoms with Crippen molar-refractivity contribution in [3.63, 3.8) is 0 Å². The molecule has 1 amide bonds. The van der Waals surface area contributed by atoms with Crippen LogP contribution in [-0.2, 0) is 6.54 Å². The molecule has 150 valence electrons. The summed E-state index contributed by atoms with van der Waals surface area (Å²) < 4.78 is 5.32. The number of carbonyl (C=O) groups is 1. The summed E-state index contributed by atoms with van der Waals surface area (Å²) >= 11 is 12.0. The molecule has 0 saturated heterocycles. The fourth-order valence-electron chi connectivity index (χ4n) is 3.22. The van der Waals surface area contributed by atoms with Crippen LogP contribution in [0.1, 0.15) is 15.9 Å². The molecule has 0 unspecified atom stereocenters. The minimum absolute atomic E-state index is 0.191. The number of nitrogens with zero attached hydrogens (tertiary/aromatic N) is 1. The maximum Gasteiger partial charge on any atom is 0.252 e.